The fourth-order valence-electron chi connectivity index (χ4n) is 2.24. The Kier molecular flexibility index (Phi) is 5.49. The monoisotopic (exact) mass is 236 g/mol. The number of hydrogen-bond acceptors (Lipinski definition) is 0. The fraction of sp³-hybridized carbons (Fsp3) is 0.600. The van der Waals surface area contributed by atoms with Gasteiger partial charge in [0.1, 0.15) is 0 Å². The maximum Gasteiger partial charge on any atom is 0.00952 e. The van der Waals surface area contributed by atoms with Crippen LogP contribution >= 0.6 is 8.58 Å². The SMILES string of the molecule is CCCc1ccc(C(C)(CCC)PC)cc1. The first-order chi connectivity index (χ1) is 7.66. The Labute approximate surface area is 103 Å². The Bertz CT molecular complexity index is 302. The van der Waals surface area contributed by atoms with Crippen LogP contribution in [-0.2, 0) is 11.6 Å². The summed E-state index contributed by atoms with van der Waals surface area (Å²) in [5.41, 5.74) is 3.00. The lowest BCUT2D eigenvalue weighted by Gasteiger charge is -2.28. The van der Waals surface area contributed by atoms with E-state index in [2.05, 4.69) is 51.7 Å². The first kappa shape index (κ1) is 13.7. The number of rotatable bonds is 6. The molecule has 16 heavy (non-hydrogen) atoms. The third kappa shape index (κ3) is 3.32. The summed E-state index contributed by atoms with van der Waals surface area (Å²) in [7, 11) is 0.984. The van der Waals surface area contributed by atoms with Crippen LogP contribution in [0.5, 0.6) is 0 Å². The molecule has 0 aromatic heterocycles. The predicted octanol–water partition coefficient (Wildman–Crippen LogP) is 4.96. The second-order valence-electron chi connectivity index (χ2n) is 4.78. The van der Waals surface area contributed by atoms with Crippen molar-refractivity contribution in [2.75, 3.05) is 6.66 Å². The van der Waals surface area contributed by atoms with Crippen LogP contribution in [0.1, 0.15) is 51.2 Å². The summed E-state index contributed by atoms with van der Waals surface area (Å²) in [6, 6.07) is 9.31. The third-order valence-electron chi connectivity index (χ3n) is 3.43. The molecule has 0 aliphatic heterocycles. The van der Waals surface area contributed by atoms with Gasteiger partial charge in [0, 0.05) is 5.16 Å². The van der Waals surface area contributed by atoms with Crippen molar-refractivity contribution in [2.45, 2.75) is 51.6 Å². The first-order valence-electron chi connectivity index (χ1n) is 6.44. The summed E-state index contributed by atoms with van der Waals surface area (Å²) in [6.45, 7) is 9.26. The van der Waals surface area contributed by atoms with Crippen LogP contribution in [0.25, 0.3) is 0 Å². The van der Waals surface area contributed by atoms with Gasteiger partial charge in [-0.15, -0.1) is 8.58 Å². The molecule has 2 unspecified atom stereocenters. The number of hydrogen-bond donors (Lipinski definition) is 0. The summed E-state index contributed by atoms with van der Waals surface area (Å²) in [4.78, 5) is 0. The minimum absolute atomic E-state index is 0.402. The molecule has 0 radical (unpaired) electrons. The highest BCUT2D eigenvalue weighted by molar-refractivity contribution is 7.38. The molecule has 0 saturated heterocycles. The Hall–Kier alpha value is -0.350. The van der Waals surface area contributed by atoms with Crippen molar-refractivity contribution in [3.8, 4) is 0 Å². The van der Waals surface area contributed by atoms with Crippen molar-refractivity contribution >= 4 is 8.58 Å². The van der Waals surface area contributed by atoms with E-state index in [9.17, 15) is 0 Å². The topological polar surface area (TPSA) is 0 Å². The summed E-state index contributed by atoms with van der Waals surface area (Å²) in [5, 5.41) is 0.402. The average Bonchev–Trinajstić information content (AvgIpc) is 2.30. The van der Waals surface area contributed by atoms with E-state index in [1.54, 1.807) is 0 Å². The highest BCUT2D eigenvalue weighted by atomic mass is 31.1. The molecule has 0 nitrogen and oxygen atoms in total. The van der Waals surface area contributed by atoms with Crippen LogP contribution in [0.2, 0.25) is 0 Å². The number of aryl methyl sites for hydroxylation is 1. The molecular formula is C15H25P. The van der Waals surface area contributed by atoms with Crippen LogP contribution in [-0.4, -0.2) is 6.66 Å². The Balaban J connectivity index is 2.85. The highest BCUT2D eigenvalue weighted by Gasteiger charge is 2.22. The molecule has 0 heterocycles. The van der Waals surface area contributed by atoms with Gasteiger partial charge in [-0.2, -0.15) is 0 Å². The zero-order valence-corrected chi connectivity index (χ0v) is 12.1. The smallest absolute Gasteiger partial charge is 0.00952 e. The molecule has 0 spiro atoms. The molecule has 1 heteroatoms. The van der Waals surface area contributed by atoms with Crippen molar-refractivity contribution < 1.29 is 0 Å². The van der Waals surface area contributed by atoms with Crippen molar-refractivity contribution in [3.05, 3.63) is 35.4 Å². The summed E-state index contributed by atoms with van der Waals surface area (Å²) < 4.78 is 0. The summed E-state index contributed by atoms with van der Waals surface area (Å²) in [6.07, 6.45) is 5.02. The maximum atomic E-state index is 2.41. The molecule has 2 atom stereocenters. The van der Waals surface area contributed by atoms with E-state index in [0.29, 0.717) is 5.16 Å². The highest BCUT2D eigenvalue weighted by Crippen LogP contribution is 2.42. The van der Waals surface area contributed by atoms with Crippen LogP contribution in [0, 0.1) is 0 Å². The molecule has 1 aromatic rings. The molecule has 1 aromatic carbocycles. The molecule has 1 rings (SSSR count). The Morgan fingerprint density at radius 1 is 1.06 bits per heavy atom. The minimum Gasteiger partial charge on any atom is -0.114 e. The molecule has 90 valence electrons. The van der Waals surface area contributed by atoms with Crippen LogP contribution in [0.4, 0.5) is 0 Å². The van der Waals surface area contributed by atoms with Crippen molar-refractivity contribution in [1.82, 2.24) is 0 Å². The lowest BCUT2D eigenvalue weighted by atomic mass is 9.94. The van der Waals surface area contributed by atoms with Gasteiger partial charge in [0.25, 0.3) is 0 Å². The van der Waals surface area contributed by atoms with Gasteiger partial charge >= 0.3 is 0 Å². The molecule has 0 N–H and O–H groups in total. The van der Waals surface area contributed by atoms with E-state index in [1.807, 2.05) is 0 Å². The zero-order valence-electron chi connectivity index (χ0n) is 11.1. The van der Waals surface area contributed by atoms with Gasteiger partial charge in [-0.25, -0.2) is 0 Å². The molecular weight excluding hydrogens is 211 g/mol. The summed E-state index contributed by atoms with van der Waals surface area (Å²) in [5.74, 6) is 0. The van der Waals surface area contributed by atoms with Gasteiger partial charge in [0.15, 0.2) is 0 Å². The molecule has 0 aliphatic rings. The van der Waals surface area contributed by atoms with E-state index >= 15 is 0 Å². The minimum atomic E-state index is 0.402. The van der Waals surface area contributed by atoms with Crippen LogP contribution in [0.15, 0.2) is 24.3 Å². The molecule has 0 bridgehead atoms. The van der Waals surface area contributed by atoms with Crippen molar-refractivity contribution in [2.24, 2.45) is 0 Å². The third-order valence-corrected chi connectivity index (χ3v) is 5.07. The number of benzene rings is 1. The first-order valence-corrected chi connectivity index (χ1v) is 7.94. The second-order valence-corrected chi connectivity index (χ2v) is 6.38. The molecule has 0 amide bonds. The largest absolute Gasteiger partial charge is 0.114 e. The lowest BCUT2D eigenvalue weighted by molar-refractivity contribution is 0.604. The van der Waals surface area contributed by atoms with Crippen LogP contribution in [0.3, 0.4) is 0 Å². The van der Waals surface area contributed by atoms with E-state index in [-0.39, 0.29) is 0 Å². The normalized spacial score (nSPS) is 15.5. The van der Waals surface area contributed by atoms with E-state index in [0.717, 1.165) is 8.58 Å². The van der Waals surface area contributed by atoms with Crippen molar-refractivity contribution in [1.29, 1.82) is 0 Å². The molecule has 0 aliphatic carbocycles. The van der Waals surface area contributed by atoms with E-state index in [1.165, 1.54) is 36.8 Å². The molecule has 0 saturated carbocycles. The van der Waals surface area contributed by atoms with Gasteiger partial charge in [-0.1, -0.05) is 57.9 Å². The van der Waals surface area contributed by atoms with Gasteiger partial charge < -0.3 is 0 Å². The summed E-state index contributed by atoms with van der Waals surface area (Å²) >= 11 is 0. The predicted molar refractivity (Wildman–Crippen MR) is 76.9 cm³/mol. The Morgan fingerprint density at radius 3 is 2.12 bits per heavy atom. The standard InChI is InChI=1S/C15H25P/c1-5-7-13-8-10-14(11-9-13)15(3,16-4)12-6-2/h8-11,16H,5-7,12H2,1-4H3. The van der Waals surface area contributed by atoms with E-state index < -0.39 is 0 Å². The van der Waals surface area contributed by atoms with Crippen molar-refractivity contribution in [3.63, 3.8) is 0 Å². The van der Waals surface area contributed by atoms with Gasteiger partial charge in [0.2, 0.25) is 0 Å². The quantitative estimate of drug-likeness (QED) is 0.612. The van der Waals surface area contributed by atoms with Gasteiger partial charge in [-0.3, -0.25) is 0 Å². The lowest BCUT2D eigenvalue weighted by Crippen LogP contribution is -2.14. The Morgan fingerprint density at radius 2 is 1.69 bits per heavy atom. The van der Waals surface area contributed by atoms with E-state index in [4.69, 9.17) is 0 Å². The van der Waals surface area contributed by atoms with Gasteiger partial charge in [-0.05, 0) is 30.6 Å². The van der Waals surface area contributed by atoms with Crippen LogP contribution < -0.4 is 0 Å². The fourth-order valence-corrected chi connectivity index (χ4v) is 3.20. The average molecular weight is 236 g/mol. The zero-order chi connectivity index (χ0) is 12.0. The second kappa shape index (κ2) is 6.40. The maximum absolute atomic E-state index is 2.41. The molecule has 0 fully saturated rings. The van der Waals surface area contributed by atoms with Gasteiger partial charge in [0.05, 0.1) is 0 Å².